The summed E-state index contributed by atoms with van der Waals surface area (Å²) in [5, 5.41) is 0.829. The Bertz CT molecular complexity index is 526. The fourth-order valence-corrected chi connectivity index (χ4v) is 2.83. The van der Waals surface area contributed by atoms with E-state index < -0.39 is 0 Å². The predicted octanol–water partition coefficient (Wildman–Crippen LogP) is 2.88. The van der Waals surface area contributed by atoms with E-state index in [-0.39, 0.29) is 12.6 Å². The standard InChI is InChI=1S/C11H12N2O2S2/c1-6-8(3)17-9(13-6)4-15-11(14)10-7(2)12-5-16-10/h5H,4H2,1-3H3. The van der Waals surface area contributed by atoms with Gasteiger partial charge in [-0.3, -0.25) is 0 Å². The number of hydrogen-bond acceptors (Lipinski definition) is 6. The number of esters is 1. The van der Waals surface area contributed by atoms with Gasteiger partial charge in [-0.25, -0.2) is 14.8 Å². The third kappa shape index (κ3) is 2.70. The van der Waals surface area contributed by atoms with Crippen molar-refractivity contribution in [2.24, 2.45) is 0 Å². The Hall–Kier alpha value is -1.27. The number of hydrogen-bond donors (Lipinski definition) is 0. The minimum absolute atomic E-state index is 0.232. The molecule has 0 bridgehead atoms. The Labute approximate surface area is 107 Å². The van der Waals surface area contributed by atoms with Crippen molar-refractivity contribution in [3.8, 4) is 0 Å². The highest BCUT2D eigenvalue weighted by molar-refractivity contribution is 7.12. The van der Waals surface area contributed by atoms with E-state index in [1.165, 1.54) is 11.3 Å². The van der Waals surface area contributed by atoms with Crippen LogP contribution in [0.25, 0.3) is 0 Å². The lowest BCUT2D eigenvalue weighted by molar-refractivity contribution is 0.0477. The lowest BCUT2D eigenvalue weighted by atomic mass is 10.4. The molecule has 6 heteroatoms. The monoisotopic (exact) mass is 268 g/mol. The van der Waals surface area contributed by atoms with Crippen LogP contribution in [0.2, 0.25) is 0 Å². The second-order valence-corrected chi connectivity index (χ2v) is 5.73. The number of nitrogens with zero attached hydrogens (tertiary/aromatic N) is 2. The molecule has 0 aliphatic carbocycles. The van der Waals surface area contributed by atoms with Crippen LogP contribution in [-0.4, -0.2) is 15.9 Å². The molecule has 0 unspecified atom stereocenters. The first kappa shape index (κ1) is 12.2. The van der Waals surface area contributed by atoms with Crippen molar-refractivity contribution in [3.05, 3.63) is 31.7 Å². The van der Waals surface area contributed by atoms with Gasteiger partial charge in [0.2, 0.25) is 0 Å². The average Bonchev–Trinajstić information content (AvgIpc) is 2.83. The molecule has 0 saturated heterocycles. The normalized spacial score (nSPS) is 10.5. The van der Waals surface area contributed by atoms with Crippen molar-refractivity contribution in [3.63, 3.8) is 0 Å². The number of carbonyl (C=O) groups is 1. The summed E-state index contributed by atoms with van der Waals surface area (Å²) in [7, 11) is 0. The largest absolute Gasteiger partial charge is 0.454 e. The molecule has 17 heavy (non-hydrogen) atoms. The van der Waals surface area contributed by atoms with Crippen molar-refractivity contribution >= 4 is 28.6 Å². The van der Waals surface area contributed by atoms with Crippen molar-refractivity contribution in [2.75, 3.05) is 0 Å². The third-order valence-corrected chi connectivity index (χ3v) is 4.29. The lowest BCUT2D eigenvalue weighted by Gasteiger charge is -2.00. The van der Waals surface area contributed by atoms with Gasteiger partial charge in [-0.2, -0.15) is 0 Å². The highest BCUT2D eigenvalue weighted by Crippen LogP contribution is 2.19. The van der Waals surface area contributed by atoms with Crippen LogP contribution < -0.4 is 0 Å². The molecule has 0 atom stereocenters. The van der Waals surface area contributed by atoms with Crippen molar-refractivity contribution in [1.29, 1.82) is 0 Å². The van der Waals surface area contributed by atoms with Crippen molar-refractivity contribution in [1.82, 2.24) is 9.97 Å². The molecule has 0 radical (unpaired) electrons. The summed E-state index contributed by atoms with van der Waals surface area (Å²) in [5.41, 5.74) is 3.35. The van der Waals surface area contributed by atoms with Crippen molar-refractivity contribution < 1.29 is 9.53 Å². The van der Waals surface area contributed by atoms with Crippen LogP contribution in [-0.2, 0) is 11.3 Å². The molecule has 0 spiro atoms. The Morgan fingerprint density at radius 1 is 1.35 bits per heavy atom. The highest BCUT2D eigenvalue weighted by Gasteiger charge is 2.14. The highest BCUT2D eigenvalue weighted by atomic mass is 32.1. The molecule has 2 rings (SSSR count). The summed E-state index contributed by atoms with van der Waals surface area (Å²) in [6.45, 7) is 5.98. The fourth-order valence-electron chi connectivity index (χ4n) is 1.29. The van der Waals surface area contributed by atoms with Crippen LogP contribution >= 0.6 is 22.7 Å². The molecule has 2 heterocycles. The first-order valence-corrected chi connectivity index (χ1v) is 6.77. The molecule has 2 aromatic rings. The summed E-state index contributed by atoms with van der Waals surface area (Å²) < 4.78 is 5.20. The molecular formula is C11H12N2O2S2. The van der Waals surface area contributed by atoms with Crippen LogP contribution in [0.15, 0.2) is 5.51 Å². The maximum absolute atomic E-state index is 11.7. The van der Waals surface area contributed by atoms with Gasteiger partial charge in [0.05, 0.1) is 16.9 Å². The first-order chi connectivity index (χ1) is 8.08. The molecule has 2 aromatic heterocycles. The maximum atomic E-state index is 11.7. The molecule has 90 valence electrons. The number of aromatic nitrogens is 2. The Balaban J connectivity index is 1.99. The van der Waals surface area contributed by atoms with Crippen LogP contribution in [0, 0.1) is 20.8 Å². The van der Waals surface area contributed by atoms with Crippen LogP contribution in [0.1, 0.15) is 30.9 Å². The summed E-state index contributed by atoms with van der Waals surface area (Å²) in [6.07, 6.45) is 0. The molecule has 0 amide bonds. The van der Waals surface area contributed by atoms with E-state index in [1.54, 1.807) is 23.8 Å². The van der Waals surface area contributed by atoms with E-state index in [2.05, 4.69) is 9.97 Å². The van der Waals surface area contributed by atoms with Gasteiger partial charge in [0, 0.05) is 4.88 Å². The van der Waals surface area contributed by atoms with Gasteiger partial charge in [-0.05, 0) is 20.8 Å². The summed E-state index contributed by atoms with van der Waals surface area (Å²) in [5.74, 6) is -0.324. The van der Waals surface area contributed by atoms with Gasteiger partial charge in [0.25, 0.3) is 0 Å². The van der Waals surface area contributed by atoms with Gasteiger partial charge in [0.15, 0.2) is 0 Å². The number of rotatable bonds is 3. The van der Waals surface area contributed by atoms with Crippen LogP contribution in [0.3, 0.4) is 0 Å². The van der Waals surface area contributed by atoms with Crippen LogP contribution in [0.5, 0.6) is 0 Å². The van der Waals surface area contributed by atoms with E-state index >= 15 is 0 Å². The molecule has 0 saturated carbocycles. The van der Waals surface area contributed by atoms with Gasteiger partial charge in [0.1, 0.15) is 16.5 Å². The van der Waals surface area contributed by atoms with Gasteiger partial charge in [-0.1, -0.05) is 0 Å². The molecule has 0 aliphatic rings. The predicted molar refractivity (Wildman–Crippen MR) is 67.6 cm³/mol. The van der Waals surface area contributed by atoms with E-state index in [9.17, 15) is 4.79 Å². The lowest BCUT2D eigenvalue weighted by Crippen LogP contribution is -2.04. The quantitative estimate of drug-likeness (QED) is 0.803. The maximum Gasteiger partial charge on any atom is 0.350 e. The van der Waals surface area contributed by atoms with E-state index in [0.717, 1.165) is 15.6 Å². The molecular weight excluding hydrogens is 256 g/mol. The topological polar surface area (TPSA) is 52.1 Å². The second-order valence-electron chi connectivity index (χ2n) is 3.59. The Kier molecular flexibility index (Phi) is 3.54. The third-order valence-electron chi connectivity index (χ3n) is 2.33. The summed E-state index contributed by atoms with van der Waals surface area (Å²) in [6, 6.07) is 0. The molecule has 0 fully saturated rings. The summed E-state index contributed by atoms with van der Waals surface area (Å²) >= 11 is 2.86. The SMILES string of the molecule is Cc1nc(COC(=O)c2scnc2C)sc1C. The fraction of sp³-hybridized carbons (Fsp3) is 0.364. The van der Waals surface area contributed by atoms with Gasteiger partial charge >= 0.3 is 5.97 Å². The minimum atomic E-state index is -0.324. The first-order valence-electron chi connectivity index (χ1n) is 5.08. The molecule has 0 aromatic carbocycles. The smallest absolute Gasteiger partial charge is 0.350 e. The number of aryl methyl sites for hydroxylation is 3. The van der Waals surface area contributed by atoms with Gasteiger partial charge in [-0.15, -0.1) is 22.7 Å². The minimum Gasteiger partial charge on any atom is -0.454 e. The van der Waals surface area contributed by atoms with Crippen molar-refractivity contribution in [2.45, 2.75) is 27.4 Å². The zero-order valence-corrected chi connectivity index (χ0v) is 11.4. The summed E-state index contributed by atoms with van der Waals surface area (Å²) in [4.78, 5) is 21.8. The van der Waals surface area contributed by atoms with E-state index in [1.807, 2.05) is 13.8 Å². The number of ether oxygens (including phenoxy) is 1. The van der Waals surface area contributed by atoms with E-state index in [4.69, 9.17) is 4.74 Å². The van der Waals surface area contributed by atoms with Crippen LogP contribution in [0.4, 0.5) is 0 Å². The molecule has 0 aliphatic heterocycles. The molecule has 4 nitrogen and oxygen atoms in total. The van der Waals surface area contributed by atoms with E-state index in [0.29, 0.717) is 10.6 Å². The van der Waals surface area contributed by atoms with Gasteiger partial charge < -0.3 is 4.74 Å². The zero-order chi connectivity index (χ0) is 12.4. The Morgan fingerprint density at radius 3 is 2.65 bits per heavy atom. The number of carbonyl (C=O) groups excluding carboxylic acids is 1. The molecule has 0 N–H and O–H groups in total. The number of thiazole rings is 2. The second kappa shape index (κ2) is 4.93. The zero-order valence-electron chi connectivity index (χ0n) is 9.81. The Morgan fingerprint density at radius 2 is 2.12 bits per heavy atom. The average molecular weight is 268 g/mol.